The second kappa shape index (κ2) is 6.99. The zero-order valence-corrected chi connectivity index (χ0v) is 14.6. The van der Waals surface area contributed by atoms with Crippen LogP contribution in [0, 0.1) is 11.8 Å². The molecule has 0 saturated heterocycles. The van der Waals surface area contributed by atoms with Gasteiger partial charge in [0.25, 0.3) is 5.88 Å². The number of aromatic nitrogens is 3. The number of nitrogens with zero attached hydrogens (tertiary/aromatic N) is 2. The first-order chi connectivity index (χ1) is 13.3. The monoisotopic (exact) mass is 397 g/mol. The highest BCUT2D eigenvalue weighted by atomic mass is 19.4. The fourth-order valence-corrected chi connectivity index (χ4v) is 4.47. The molecule has 2 aliphatic carbocycles. The molecule has 1 aromatic carbocycles. The van der Waals surface area contributed by atoms with Gasteiger partial charge in [-0.1, -0.05) is 22.4 Å². The van der Waals surface area contributed by atoms with Crippen LogP contribution in [0.15, 0.2) is 24.3 Å². The number of hydrogen-bond acceptors (Lipinski definition) is 5. The number of carbonyl (C=O) groups is 1. The number of carboxylic acids is 1. The Hall–Kier alpha value is -2.78. The molecule has 2 fully saturated rings. The van der Waals surface area contributed by atoms with E-state index >= 15 is 0 Å². The van der Waals surface area contributed by atoms with E-state index < -0.39 is 12.3 Å². The van der Waals surface area contributed by atoms with Gasteiger partial charge >= 0.3 is 12.3 Å². The van der Waals surface area contributed by atoms with Gasteiger partial charge in [-0.25, -0.2) is 9.89 Å². The third kappa shape index (κ3) is 3.90. The molecule has 0 bridgehead atoms. The maximum atomic E-state index is 12.3. The van der Waals surface area contributed by atoms with Gasteiger partial charge in [0, 0.05) is 0 Å². The van der Waals surface area contributed by atoms with Gasteiger partial charge in [-0.15, -0.1) is 13.2 Å². The largest absolute Gasteiger partial charge is 0.573 e. The van der Waals surface area contributed by atoms with Crippen molar-refractivity contribution in [2.45, 2.75) is 44.1 Å². The number of fused-ring (bicyclic) bond motifs is 1. The number of H-pyrrole nitrogens is 1. The second-order valence-corrected chi connectivity index (χ2v) is 7.31. The van der Waals surface area contributed by atoms with Crippen LogP contribution >= 0.6 is 0 Å². The number of carboxylic acid groups (broad SMARTS) is 1. The SMILES string of the molecule is O=C(O)c1[nH]nnc1OC1C[C@@H]2CC(c3ccc(OC(F)(F)F)cc3)C[C@@H]2C1. The molecule has 4 rings (SSSR count). The van der Waals surface area contributed by atoms with E-state index in [2.05, 4.69) is 20.1 Å². The molecule has 150 valence electrons. The van der Waals surface area contributed by atoms with Crippen molar-refractivity contribution >= 4 is 5.97 Å². The molecule has 4 atom stereocenters. The molecule has 1 heterocycles. The molecule has 2 N–H and O–H groups in total. The molecule has 0 radical (unpaired) electrons. The van der Waals surface area contributed by atoms with Crippen LogP contribution in [0.4, 0.5) is 13.2 Å². The van der Waals surface area contributed by atoms with Crippen molar-refractivity contribution in [2.75, 3.05) is 0 Å². The predicted octanol–water partition coefficient (Wildman–Crippen LogP) is 3.75. The Morgan fingerprint density at radius 2 is 1.75 bits per heavy atom. The molecule has 0 spiro atoms. The van der Waals surface area contributed by atoms with E-state index in [9.17, 15) is 18.0 Å². The zero-order chi connectivity index (χ0) is 19.9. The van der Waals surface area contributed by atoms with Crippen LogP contribution in [0.25, 0.3) is 0 Å². The number of benzene rings is 1. The van der Waals surface area contributed by atoms with Crippen molar-refractivity contribution in [3.8, 4) is 11.6 Å². The molecule has 10 heteroatoms. The Bertz CT molecular complexity index is 839. The summed E-state index contributed by atoms with van der Waals surface area (Å²) in [6.45, 7) is 0. The first-order valence-corrected chi connectivity index (χ1v) is 8.95. The Balaban J connectivity index is 1.34. The molecule has 2 aliphatic rings. The molecule has 0 aliphatic heterocycles. The van der Waals surface area contributed by atoms with Crippen molar-refractivity contribution in [3.05, 3.63) is 35.5 Å². The molecule has 1 aromatic heterocycles. The fraction of sp³-hybridized carbons (Fsp3) is 0.500. The van der Waals surface area contributed by atoms with Crippen molar-refractivity contribution in [3.63, 3.8) is 0 Å². The van der Waals surface area contributed by atoms with Crippen LogP contribution in [-0.2, 0) is 0 Å². The number of halogens is 3. The standard InChI is InChI=1S/C18H18F3N3O4/c19-18(20,21)28-13-3-1-9(2-4-13)10-5-11-7-14(8-12(11)6-10)27-16-15(17(25)26)22-24-23-16/h1-4,10-12,14H,5-8H2,(H,25,26)(H,22,23,24)/t10?,11-,12+,14?. The minimum absolute atomic E-state index is 0.00859. The van der Waals surface area contributed by atoms with Crippen LogP contribution in [0.1, 0.15) is 47.7 Å². The lowest BCUT2D eigenvalue weighted by Gasteiger charge is -2.16. The van der Waals surface area contributed by atoms with E-state index in [0.29, 0.717) is 11.8 Å². The van der Waals surface area contributed by atoms with Gasteiger partial charge in [-0.2, -0.15) is 0 Å². The van der Waals surface area contributed by atoms with E-state index in [1.165, 1.54) is 12.1 Å². The van der Waals surface area contributed by atoms with Gasteiger partial charge in [-0.05, 0) is 61.1 Å². The highest BCUT2D eigenvalue weighted by Gasteiger charge is 2.43. The number of rotatable bonds is 5. The summed E-state index contributed by atoms with van der Waals surface area (Å²) in [6.07, 6.45) is -1.36. The summed E-state index contributed by atoms with van der Waals surface area (Å²) >= 11 is 0. The van der Waals surface area contributed by atoms with Crippen LogP contribution in [-0.4, -0.2) is 39.0 Å². The summed E-state index contributed by atoms with van der Waals surface area (Å²) in [5, 5.41) is 18.5. The minimum Gasteiger partial charge on any atom is -0.476 e. The first-order valence-electron chi connectivity index (χ1n) is 8.95. The molecular weight excluding hydrogens is 379 g/mol. The minimum atomic E-state index is -4.69. The zero-order valence-electron chi connectivity index (χ0n) is 14.6. The lowest BCUT2D eigenvalue weighted by Crippen LogP contribution is -2.17. The van der Waals surface area contributed by atoms with Crippen LogP contribution in [0.3, 0.4) is 0 Å². The molecular formula is C18H18F3N3O4. The van der Waals surface area contributed by atoms with Crippen LogP contribution in [0.2, 0.25) is 0 Å². The summed E-state index contributed by atoms with van der Waals surface area (Å²) in [5.41, 5.74) is 0.849. The van der Waals surface area contributed by atoms with Gasteiger partial charge in [0.2, 0.25) is 5.69 Å². The van der Waals surface area contributed by atoms with Crippen molar-refractivity contribution < 1.29 is 32.5 Å². The van der Waals surface area contributed by atoms with Gasteiger partial charge in [-0.3, -0.25) is 0 Å². The van der Waals surface area contributed by atoms with Gasteiger partial charge < -0.3 is 14.6 Å². The van der Waals surface area contributed by atoms with Crippen molar-refractivity contribution in [1.82, 2.24) is 15.4 Å². The molecule has 28 heavy (non-hydrogen) atoms. The Labute approximate surface area is 157 Å². The lowest BCUT2D eigenvalue weighted by molar-refractivity contribution is -0.274. The number of aromatic amines is 1. The number of nitrogens with one attached hydrogen (secondary N) is 1. The quantitative estimate of drug-likeness (QED) is 0.798. The Morgan fingerprint density at radius 3 is 2.32 bits per heavy atom. The van der Waals surface area contributed by atoms with Gasteiger partial charge in [0.1, 0.15) is 11.9 Å². The molecule has 2 aromatic rings. The van der Waals surface area contributed by atoms with E-state index in [-0.39, 0.29) is 29.3 Å². The van der Waals surface area contributed by atoms with Gasteiger partial charge in [0.05, 0.1) is 0 Å². The average molecular weight is 397 g/mol. The summed E-state index contributed by atoms with van der Waals surface area (Å²) in [4.78, 5) is 11.1. The number of hydrogen-bond donors (Lipinski definition) is 2. The summed E-state index contributed by atoms with van der Waals surface area (Å²) in [7, 11) is 0. The average Bonchev–Trinajstić information content (AvgIpc) is 3.29. The lowest BCUT2D eigenvalue weighted by atomic mass is 9.94. The smallest absolute Gasteiger partial charge is 0.476 e. The predicted molar refractivity (Wildman–Crippen MR) is 89.1 cm³/mol. The van der Waals surface area contributed by atoms with Crippen molar-refractivity contribution in [2.24, 2.45) is 11.8 Å². The topological polar surface area (TPSA) is 97.3 Å². The summed E-state index contributed by atoms with van der Waals surface area (Å²) in [5.74, 6) is -0.227. The maximum Gasteiger partial charge on any atom is 0.573 e. The van der Waals surface area contributed by atoms with E-state index in [4.69, 9.17) is 9.84 Å². The summed E-state index contributed by atoms with van der Waals surface area (Å²) < 4.78 is 46.4. The fourth-order valence-electron chi connectivity index (χ4n) is 4.47. The summed E-state index contributed by atoms with van der Waals surface area (Å²) in [6, 6.07) is 6.08. The normalized spacial score (nSPS) is 26.8. The number of ether oxygens (including phenoxy) is 2. The molecule has 2 unspecified atom stereocenters. The third-order valence-corrected chi connectivity index (χ3v) is 5.57. The molecule has 7 nitrogen and oxygen atoms in total. The first kappa shape index (κ1) is 18.6. The van der Waals surface area contributed by atoms with Crippen LogP contribution < -0.4 is 9.47 Å². The van der Waals surface area contributed by atoms with Gasteiger partial charge in [0.15, 0.2) is 0 Å². The molecule has 0 amide bonds. The second-order valence-electron chi connectivity index (χ2n) is 7.31. The highest BCUT2D eigenvalue weighted by Crippen LogP contribution is 2.51. The van der Waals surface area contributed by atoms with Crippen LogP contribution in [0.5, 0.6) is 11.6 Å². The Kier molecular flexibility index (Phi) is 4.64. The van der Waals surface area contributed by atoms with Crippen molar-refractivity contribution in [1.29, 1.82) is 0 Å². The van der Waals surface area contributed by atoms with E-state index in [1.54, 1.807) is 12.1 Å². The van der Waals surface area contributed by atoms with E-state index in [1.807, 2.05) is 0 Å². The number of aromatic carboxylic acids is 1. The Morgan fingerprint density at radius 1 is 1.11 bits per heavy atom. The third-order valence-electron chi connectivity index (χ3n) is 5.57. The maximum absolute atomic E-state index is 12.3. The number of alkyl halides is 3. The van der Waals surface area contributed by atoms with E-state index in [0.717, 1.165) is 31.2 Å². The molecule has 2 saturated carbocycles. The highest BCUT2D eigenvalue weighted by molar-refractivity contribution is 5.87.